The maximum Gasteiger partial charge on any atom is 0.0447 e. The van der Waals surface area contributed by atoms with Crippen LogP contribution in [0.5, 0.6) is 0 Å². The fraction of sp³-hybridized carbons (Fsp3) is 0.950. The van der Waals surface area contributed by atoms with Crippen LogP contribution < -0.4 is 10.2 Å². The lowest BCUT2D eigenvalue weighted by atomic mass is 9.90. The van der Waals surface area contributed by atoms with E-state index >= 15 is 0 Å². The molecule has 0 aromatic heterocycles. The molecule has 0 amide bonds. The van der Waals surface area contributed by atoms with Crippen molar-refractivity contribution in [3.8, 4) is 0 Å². The molecule has 0 saturated heterocycles. The largest absolute Gasteiger partial charge is 0.550 e. The molecule has 4 nitrogen and oxygen atoms in total. The van der Waals surface area contributed by atoms with Gasteiger partial charge in [0.2, 0.25) is 0 Å². The molecule has 4 heteroatoms. The van der Waals surface area contributed by atoms with E-state index in [0.717, 1.165) is 25.7 Å². The second-order valence-corrected chi connectivity index (χ2v) is 14.4. The molecule has 0 aliphatic rings. The standard InChI is InChI=1S/C21H42O2.C19H38O2/c1-4-5-6-7-8-9-10-11-12-13-14-15-16-17-18-20(19(2)3)21(22)23;1-4-5-6-7-8-9-10-11-12-13-14-15-16-18(17(2)3)19(20)21/h19-20H,4-18H2,1-3H3,(H,22,23);17-18H,4-16H2,1-3H3,(H,20,21)/p-2. The first kappa shape index (κ1) is 45.1. The molecular formula is C40H78O4-2. The van der Waals surface area contributed by atoms with Gasteiger partial charge in [-0.2, -0.15) is 0 Å². The molecule has 44 heavy (non-hydrogen) atoms. The van der Waals surface area contributed by atoms with Gasteiger partial charge in [0.1, 0.15) is 0 Å². The third-order valence-electron chi connectivity index (χ3n) is 9.45. The minimum atomic E-state index is -0.868. The number of hydrogen-bond donors (Lipinski definition) is 0. The van der Waals surface area contributed by atoms with Gasteiger partial charge in [-0.05, 0) is 24.7 Å². The monoisotopic (exact) mass is 623 g/mol. The highest BCUT2D eigenvalue weighted by Crippen LogP contribution is 2.21. The smallest absolute Gasteiger partial charge is 0.0447 e. The fourth-order valence-electron chi connectivity index (χ4n) is 6.21. The van der Waals surface area contributed by atoms with Crippen molar-refractivity contribution in [2.45, 2.75) is 221 Å². The van der Waals surface area contributed by atoms with Crippen LogP contribution in [0, 0.1) is 23.7 Å². The lowest BCUT2D eigenvalue weighted by molar-refractivity contribution is -0.314. The van der Waals surface area contributed by atoms with Gasteiger partial charge in [0, 0.05) is 23.8 Å². The van der Waals surface area contributed by atoms with Gasteiger partial charge >= 0.3 is 0 Å². The van der Waals surface area contributed by atoms with Crippen molar-refractivity contribution in [2.24, 2.45) is 23.7 Å². The normalized spacial score (nSPS) is 12.7. The van der Waals surface area contributed by atoms with E-state index in [0.29, 0.717) is 0 Å². The Morgan fingerprint density at radius 3 is 0.705 bits per heavy atom. The molecule has 0 spiro atoms. The number of carbonyl (C=O) groups excluding carboxylic acids is 2. The van der Waals surface area contributed by atoms with Gasteiger partial charge in [0.05, 0.1) is 0 Å². The molecule has 0 saturated carbocycles. The number of carbonyl (C=O) groups is 2. The van der Waals surface area contributed by atoms with Crippen LogP contribution >= 0.6 is 0 Å². The summed E-state index contributed by atoms with van der Waals surface area (Å²) in [5.74, 6) is -1.85. The predicted molar refractivity (Wildman–Crippen MR) is 187 cm³/mol. The Morgan fingerprint density at radius 1 is 0.364 bits per heavy atom. The summed E-state index contributed by atoms with van der Waals surface area (Å²) in [5, 5.41) is 22.0. The Balaban J connectivity index is 0. The molecule has 264 valence electrons. The van der Waals surface area contributed by atoms with E-state index in [1.807, 2.05) is 27.7 Å². The van der Waals surface area contributed by atoms with E-state index in [1.54, 1.807) is 0 Å². The molecule has 0 aliphatic heterocycles. The van der Waals surface area contributed by atoms with Gasteiger partial charge in [0.25, 0.3) is 0 Å². The molecule has 0 N–H and O–H groups in total. The SMILES string of the molecule is CCCCCCCCCCCCCCC(C(=O)[O-])C(C)C.CCCCCCCCCCCCCCCCC(C(=O)[O-])C(C)C. The Bertz CT molecular complexity index is 600. The van der Waals surface area contributed by atoms with Crippen molar-refractivity contribution in [1.29, 1.82) is 0 Å². The zero-order valence-electron chi connectivity index (χ0n) is 30.7. The summed E-state index contributed by atoms with van der Waals surface area (Å²) in [5.41, 5.74) is 0. The highest BCUT2D eigenvalue weighted by molar-refractivity contribution is 5.68. The maximum absolute atomic E-state index is 11.0. The fourth-order valence-corrected chi connectivity index (χ4v) is 6.21. The Labute approximate surface area is 276 Å². The lowest BCUT2D eigenvalue weighted by Crippen LogP contribution is -2.34. The number of carboxylic acid groups (broad SMARTS) is 2. The molecule has 0 heterocycles. The summed E-state index contributed by atoms with van der Waals surface area (Å²) in [4.78, 5) is 22.0. The number of aliphatic carboxylic acids is 2. The van der Waals surface area contributed by atoms with E-state index in [9.17, 15) is 19.8 Å². The van der Waals surface area contributed by atoms with Gasteiger partial charge in [0.15, 0.2) is 0 Å². The molecule has 2 atom stereocenters. The number of hydrogen-bond acceptors (Lipinski definition) is 4. The second kappa shape index (κ2) is 34.8. The Kier molecular flexibility index (Phi) is 35.6. The number of rotatable bonds is 32. The zero-order valence-corrected chi connectivity index (χ0v) is 30.7. The van der Waals surface area contributed by atoms with Gasteiger partial charge in [-0.3, -0.25) is 0 Å². The Morgan fingerprint density at radius 2 is 0.545 bits per heavy atom. The average molecular weight is 623 g/mol. The van der Waals surface area contributed by atoms with Gasteiger partial charge in [-0.1, -0.05) is 208 Å². The first-order valence-corrected chi connectivity index (χ1v) is 19.6. The predicted octanol–water partition coefficient (Wildman–Crippen LogP) is 11.0. The van der Waals surface area contributed by atoms with Crippen LogP contribution in [0.4, 0.5) is 0 Å². The van der Waals surface area contributed by atoms with Crippen LogP contribution in [-0.2, 0) is 9.59 Å². The average Bonchev–Trinajstić information content (AvgIpc) is 2.97. The molecule has 0 aromatic rings. The van der Waals surface area contributed by atoms with E-state index in [4.69, 9.17) is 0 Å². The molecule has 2 unspecified atom stereocenters. The molecule has 0 radical (unpaired) electrons. The highest BCUT2D eigenvalue weighted by atomic mass is 16.4. The van der Waals surface area contributed by atoms with Gasteiger partial charge < -0.3 is 19.8 Å². The highest BCUT2D eigenvalue weighted by Gasteiger charge is 2.14. The van der Waals surface area contributed by atoms with Crippen LogP contribution in [0.25, 0.3) is 0 Å². The summed E-state index contributed by atoms with van der Waals surface area (Å²) in [6.07, 6.45) is 36.2. The lowest BCUT2D eigenvalue weighted by Gasteiger charge is -2.21. The van der Waals surface area contributed by atoms with Gasteiger partial charge in [-0.15, -0.1) is 0 Å². The van der Waals surface area contributed by atoms with Crippen LogP contribution in [0.2, 0.25) is 0 Å². The second-order valence-electron chi connectivity index (χ2n) is 14.4. The first-order valence-electron chi connectivity index (χ1n) is 19.6. The molecule has 0 aromatic carbocycles. The molecule has 0 bridgehead atoms. The third-order valence-corrected chi connectivity index (χ3v) is 9.45. The summed E-state index contributed by atoms with van der Waals surface area (Å²) < 4.78 is 0. The van der Waals surface area contributed by atoms with E-state index in [1.165, 1.54) is 154 Å². The maximum atomic E-state index is 11.0. The minimum Gasteiger partial charge on any atom is -0.550 e. The van der Waals surface area contributed by atoms with Crippen molar-refractivity contribution in [3.05, 3.63) is 0 Å². The first-order chi connectivity index (χ1) is 21.2. The van der Waals surface area contributed by atoms with Crippen molar-refractivity contribution in [3.63, 3.8) is 0 Å². The number of carboxylic acids is 2. The van der Waals surface area contributed by atoms with Crippen LogP contribution in [0.15, 0.2) is 0 Å². The zero-order chi connectivity index (χ0) is 33.3. The molecule has 0 aliphatic carbocycles. The van der Waals surface area contributed by atoms with Gasteiger partial charge in [-0.25, -0.2) is 0 Å². The number of unbranched alkanes of at least 4 members (excludes halogenated alkanes) is 24. The molecule has 0 fully saturated rings. The van der Waals surface area contributed by atoms with E-state index < -0.39 is 11.9 Å². The van der Waals surface area contributed by atoms with Crippen LogP contribution in [-0.4, -0.2) is 11.9 Å². The van der Waals surface area contributed by atoms with Crippen molar-refractivity contribution < 1.29 is 19.8 Å². The van der Waals surface area contributed by atoms with Crippen molar-refractivity contribution >= 4 is 11.9 Å². The minimum absolute atomic E-state index is 0.196. The Hall–Kier alpha value is -1.06. The summed E-state index contributed by atoms with van der Waals surface area (Å²) in [7, 11) is 0. The van der Waals surface area contributed by atoms with Crippen molar-refractivity contribution in [1.82, 2.24) is 0 Å². The van der Waals surface area contributed by atoms with E-state index in [-0.39, 0.29) is 23.7 Å². The van der Waals surface area contributed by atoms with E-state index in [2.05, 4.69) is 13.8 Å². The molecule has 0 rings (SSSR count). The quantitative estimate of drug-likeness (QED) is 0.0699. The summed E-state index contributed by atoms with van der Waals surface area (Å²) >= 11 is 0. The molecular weight excluding hydrogens is 544 g/mol. The van der Waals surface area contributed by atoms with Crippen LogP contribution in [0.3, 0.4) is 0 Å². The summed E-state index contributed by atoms with van der Waals surface area (Å²) in [6.45, 7) is 12.4. The van der Waals surface area contributed by atoms with Crippen molar-refractivity contribution in [2.75, 3.05) is 0 Å². The van der Waals surface area contributed by atoms with Crippen LogP contribution in [0.1, 0.15) is 221 Å². The summed E-state index contributed by atoms with van der Waals surface area (Å²) in [6, 6.07) is 0. The topological polar surface area (TPSA) is 80.3 Å². The third kappa shape index (κ3) is 32.3.